The van der Waals surface area contributed by atoms with E-state index in [1.54, 1.807) is 6.92 Å². The van der Waals surface area contributed by atoms with Gasteiger partial charge in [0.25, 0.3) is 0 Å². The number of halogens is 2. The van der Waals surface area contributed by atoms with Crippen molar-refractivity contribution in [2.45, 2.75) is 84.2 Å². The van der Waals surface area contributed by atoms with Crippen molar-refractivity contribution in [3.8, 4) is 0 Å². The standard InChI is InChI=1S/C14H31N.C3H7ClO.ClH.H3N/c1-4-5-6-7-8-9-10-11-12-13-14-15(2)3;1-3(5)2-4;;/h4-14H2,1-3H3;3,5H,2H2,1H3;1H;1H3. The molecule has 0 amide bonds. The van der Waals surface area contributed by atoms with Crippen molar-refractivity contribution in [3.05, 3.63) is 0 Å². The molecule has 22 heavy (non-hydrogen) atoms. The van der Waals surface area contributed by atoms with Crippen LogP contribution in [0.2, 0.25) is 0 Å². The predicted octanol–water partition coefficient (Wildman–Crippen LogP) is 5.66. The first-order valence-electron chi connectivity index (χ1n) is 8.43. The SMILES string of the molecule is CC(O)CCl.CCCCCCCCCCCCN(C)C.Cl.N. The third-order valence-electron chi connectivity index (χ3n) is 3.18. The Kier molecular flexibility index (Phi) is 36.4. The van der Waals surface area contributed by atoms with Gasteiger partial charge in [0.2, 0.25) is 0 Å². The van der Waals surface area contributed by atoms with Crippen LogP contribution in [0.15, 0.2) is 0 Å². The molecule has 0 heterocycles. The second kappa shape index (κ2) is 26.4. The molecule has 0 aromatic rings. The fraction of sp³-hybridized carbons (Fsp3) is 1.00. The summed E-state index contributed by atoms with van der Waals surface area (Å²) in [4.78, 5) is 2.28. The van der Waals surface area contributed by atoms with Crippen LogP contribution in [0.3, 0.4) is 0 Å². The van der Waals surface area contributed by atoms with Gasteiger partial charge in [-0.1, -0.05) is 64.7 Å². The van der Waals surface area contributed by atoms with Gasteiger partial charge in [-0.25, -0.2) is 0 Å². The van der Waals surface area contributed by atoms with Crippen molar-refractivity contribution in [2.24, 2.45) is 0 Å². The Bertz CT molecular complexity index is 171. The van der Waals surface area contributed by atoms with Crippen LogP contribution < -0.4 is 6.15 Å². The molecular formula is C17H42Cl2N2O. The van der Waals surface area contributed by atoms with Crippen molar-refractivity contribution in [3.63, 3.8) is 0 Å². The maximum Gasteiger partial charge on any atom is 0.0647 e. The number of nitrogens with zero attached hydrogens (tertiary/aromatic N) is 1. The summed E-state index contributed by atoms with van der Waals surface area (Å²) in [6.45, 7) is 5.19. The summed E-state index contributed by atoms with van der Waals surface area (Å²) in [6.07, 6.45) is 14.0. The summed E-state index contributed by atoms with van der Waals surface area (Å²) in [5.41, 5.74) is 0. The highest BCUT2D eigenvalue weighted by atomic mass is 35.5. The zero-order chi connectivity index (χ0) is 15.6. The minimum absolute atomic E-state index is 0. The number of aliphatic hydroxyl groups is 1. The van der Waals surface area contributed by atoms with Crippen molar-refractivity contribution in [1.82, 2.24) is 11.1 Å². The van der Waals surface area contributed by atoms with E-state index in [4.69, 9.17) is 16.7 Å². The summed E-state index contributed by atoms with van der Waals surface area (Å²) in [6, 6.07) is 0. The fourth-order valence-electron chi connectivity index (χ4n) is 1.92. The summed E-state index contributed by atoms with van der Waals surface area (Å²) in [5.74, 6) is 0.333. The molecule has 1 unspecified atom stereocenters. The van der Waals surface area contributed by atoms with Crippen LogP contribution in [0.1, 0.15) is 78.1 Å². The van der Waals surface area contributed by atoms with Crippen LogP contribution in [0.4, 0.5) is 0 Å². The lowest BCUT2D eigenvalue weighted by molar-refractivity contribution is 0.219. The van der Waals surface area contributed by atoms with E-state index >= 15 is 0 Å². The van der Waals surface area contributed by atoms with E-state index in [9.17, 15) is 0 Å². The normalized spacial score (nSPS) is 11.0. The monoisotopic (exact) mass is 360 g/mol. The molecule has 0 aliphatic heterocycles. The number of unbranched alkanes of at least 4 members (excludes halogenated alkanes) is 9. The maximum absolute atomic E-state index is 8.23. The molecule has 0 radical (unpaired) electrons. The highest BCUT2D eigenvalue weighted by Crippen LogP contribution is 2.10. The molecule has 0 rings (SSSR count). The third kappa shape index (κ3) is 37.1. The Morgan fingerprint density at radius 1 is 0.864 bits per heavy atom. The molecule has 0 saturated carbocycles. The van der Waals surface area contributed by atoms with Gasteiger partial charge in [0, 0.05) is 5.88 Å². The Labute approximate surface area is 151 Å². The van der Waals surface area contributed by atoms with Gasteiger partial charge in [0.15, 0.2) is 0 Å². The molecule has 0 saturated heterocycles. The lowest BCUT2D eigenvalue weighted by atomic mass is 10.1. The number of rotatable bonds is 12. The molecule has 140 valence electrons. The van der Waals surface area contributed by atoms with E-state index in [-0.39, 0.29) is 24.7 Å². The fourth-order valence-corrected chi connectivity index (χ4v) is 1.92. The number of aliphatic hydroxyl groups excluding tert-OH is 1. The molecule has 5 heteroatoms. The molecule has 0 bridgehead atoms. The van der Waals surface area contributed by atoms with Crippen LogP contribution in [-0.2, 0) is 0 Å². The first-order chi connectivity index (χ1) is 9.54. The van der Waals surface area contributed by atoms with Crippen molar-refractivity contribution >= 4 is 24.0 Å². The maximum atomic E-state index is 8.23. The highest BCUT2D eigenvalue weighted by Gasteiger charge is 1.93. The Morgan fingerprint density at radius 3 is 1.45 bits per heavy atom. The average Bonchev–Trinajstić information content (AvgIpc) is 2.41. The lowest BCUT2D eigenvalue weighted by Crippen LogP contribution is -2.12. The van der Waals surface area contributed by atoms with Crippen LogP contribution >= 0.6 is 24.0 Å². The van der Waals surface area contributed by atoms with Gasteiger partial charge in [0.05, 0.1) is 6.10 Å². The van der Waals surface area contributed by atoms with E-state index in [1.807, 2.05) is 0 Å². The van der Waals surface area contributed by atoms with E-state index < -0.39 is 0 Å². The Balaban J connectivity index is -0.000000201. The zero-order valence-corrected chi connectivity index (χ0v) is 17.0. The van der Waals surface area contributed by atoms with Gasteiger partial charge in [-0.05, 0) is 34.0 Å². The Hall–Kier alpha value is 0.460. The van der Waals surface area contributed by atoms with Gasteiger partial charge in [-0.2, -0.15) is 0 Å². The van der Waals surface area contributed by atoms with E-state index in [0.29, 0.717) is 5.88 Å². The number of hydrogen-bond donors (Lipinski definition) is 2. The topological polar surface area (TPSA) is 58.5 Å². The summed E-state index contributed by atoms with van der Waals surface area (Å²) in [7, 11) is 4.32. The third-order valence-corrected chi connectivity index (χ3v) is 3.63. The number of hydrogen-bond acceptors (Lipinski definition) is 3. The van der Waals surface area contributed by atoms with E-state index in [2.05, 4.69) is 25.9 Å². The summed E-state index contributed by atoms with van der Waals surface area (Å²) in [5, 5.41) is 8.23. The van der Waals surface area contributed by atoms with Gasteiger partial charge in [-0.15, -0.1) is 24.0 Å². The van der Waals surface area contributed by atoms with Crippen LogP contribution in [0.5, 0.6) is 0 Å². The molecule has 0 spiro atoms. The van der Waals surface area contributed by atoms with E-state index in [0.717, 1.165) is 0 Å². The minimum Gasteiger partial charge on any atom is -0.392 e. The van der Waals surface area contributed by atoms with Crippen LogP contribution in [0.25, 0.3) is 0 Å². The van der Waals surface area contributed by atoms with Crippen LogP contribution in [0, 0.1) is 0 Å². The Morgan fingerprint density at radius 2 is 1.18 bits per heavy atom. The van der Waals surface area contributed by atoms with Gasteiger partial charge >= 0.3 is 0 Å². The average molecular weight is 361 g/mol. The zero-order valence-electron chi connectivity index (χ0n) is 15.5. The van der Waals surface area contributed by atoms with Crippen molar-refractivity contribution in [1.29, 1.82) is 0 Å². The lowest BCUT2D eigenvalue weighted by Gasteiger charge is -2.08. The molecule has 0 aromatic heterocycles. The molecule has 0 aliphatic rings. The smallest absolute Gasteiger partial charge is 0.0647 e. The van der Waals surface area contributed by atoms with Gasteiger partial charge in [-0.3, -0.25) is 0 Å². The van der Waals surface area contributed by atoms with Crippen molar-refractivity contribution < 1.29 is 5.11 Å². The molecule has 3 nitrogen and oxygen atoms in total. The molecule has 1 atom stereocenters. The largest absolute Gasteiger partial charge is 0.392 e. The molecule has 0 aromatic carbocycles. The number of alkyl halides is 1. The second-order valence-corrected chi connectivity index (χ2v) is 6.30. The second-order valence-electron chi connectivity index (χ2n) is 5.99. The van der Waals surface area contributed by atoms with Gasteiger partial charge in [0.1, 0.15) is 0 Å². The van der Waals surface area contributed by atoms with Crippen LogP contribution in [-0.4, -0.2) is 42.6 Å². The van der Waals surface area contributed by atoms with Crippen molar-refractivity contribution in [2.75, 3.05) is 26.5 Å². The molecule has 0 aliphatic carbocycles. The molecule has 0 fully saturated rings. The minimum atomic E-state index is -0.350. The first kappa shape index (κ1) is 30.4. The molecular weight excluding hydrogens is 319 g/mol. The first-order valence-corrected chi connectivity index (χ1v) is 8.96. The molecule has 4 N–H and O–H groups in total. The predicted molar refractivity (Wildman–Crippen MR) is 105 cm³/mol. The quantitative estimate of drug-likeness (QED) is 0.348. The van der Waals surface area contributed by atoms with Gasteiger partial charge < -0.3 is 16.2 Å². The van der Waals surface area contributed by atoms with E-state index in [1.165, 1.54) is 70.8 Å². The highest BCUT2D eigenvalue weighted by molar-refractivity contribution is 6.18. The summed E-state index contributed by atoms with van der Waals surface area (Å²) < 4.78 is 0. The summed E-state index contributed by atoms with van der Waals surface area (Å²) >= 11 is 5.09.